The van der Waals surface area contributed by atoms with Crippen molar-refractivity contribution in [3.63, 3.8) is 0 Å². The molecule has 0 aliphatic heterocycles. The monoisotopic (exact) mass is 375 g/mol. The van der Waals surface area contributed by atoms with Crippen molar-refractivity contribution in [3.8, 4) is 5.75 Å². The Labute approximate surface area is 164 Å². The predicted octanol–water partition coefficient (Wildman–Crippen LogP) is 4.26. The van der Waals surface area contributed by atoms with Crippen LogP contribution in [0.5, 0.6) is 5.75 Å². The smallest absolute Gasteiger partial charge is 0.187 e. The van der Waals surface area contributed by atoms with Crippen LogP contribution in [0.25, 0.3) is 0 Å². The van der Waals surface area contributed by atoms with Crippen molar-refractivity contribution >= 4 is 23.5 Å². The molecule has 5 heteroatoms. The average molecular weight is 375 g/mol. The molecule has 4 nitrogen and oxygen atoms in total. The average Bonchev–Trinajstić information content (AvgIpc) is 2.73. The lowest BCUT2D eigenvalue weighted by atomic mass is 10.2. The fraction of sp³-hybridized carbons (Fsp3) is 0.0909. The van der Waals surface area contributed by atoms with Crippen LogP contribution in [0.1, 0.15) is 16.7 Å². The molecule has 3 rings (SSSR count). The second kappa shape index (κ2) is 10.1. The van der Waals surface area contributed by atoms with E-state index in [1.807, 2.05) is 84.9 Å². The van der Waals surface area contributed by atoms with E-state index >= 15 is 0 Å². The van der Waals surface area contributed by atoms with Gasteiger partial charge in [0.15, 0.2) is 5.11 Å². The van der Waals surface area contributed by atoms with E-state index in [1.54, 1.807) is 6.21 Å². The highest BCUT2D eigenvalue weighted by Gasteiger charge is 1.98. The van der Waals surface area contributed by atoms with Crippen LogP contribution >= 0.6 is 12.2 Å². The highest BCUT2D eigenvalue weighted by Crippen LogP contribution is 2.14. The molecule has 0 aliphatic carbocycles. The van der Waals surface area contributed by atoms with Crippen molar-refractivity contribution in [1.82, 2.24) is 10.7 Å². The molecule has 0 unspecified atom stereocenters. The first-order chi connectivity index (χ1) is 13.3. The molecule has 0 saturated heterocycles. The quantitative estimate of drug-likeness (QED) is 0.368. The number of nitrogens with one attached hydrogen (secondary N) is 2. The minimum absolute atomic E-state index is 0.478. The first kappa shape index (κ1) is 18.6. The maximum absolute atomic E-state index is 5.83. The van der Waals surface area contributed by atoms with E-state index in [0.29, 0.717) is 18.3 Å². The molecule has 136 valence electrons. The molecule has 0 fully saturated rings. The summed E-state index contributed by atoms with van der Waals surface area (Å²) in [6.45, 7) is 1.19. The van der Waals surface area contributed by atoms with Gasteiger partial charge in [0.25, 0.3) is 0 Å². The third kappa shape index (κ3) is 6.56. The highest BCUT2D eigenvalue weighted by molar-refractivity contribution is 7.80. The maximum atomic E-state index is 5.83. The number of rotatable bonds is 7. The molecule has 0 aromatic heterocycles. The summed E-state index contributed by atoms with van der Waals surface area (Å²) >= 11 is 5.23. The second-order valence-electron chi connectivity index (χ2n) is 5.89. The van der Waals surface area contributed by atoms with Gasteiger partial charge in [-0.25, -0.2) is 0 Å². The van der Waals surface area contributed by atoms with E-state index in [2.05, 4.69) is 15.8 Å². The molecular weight excluding hydrogens is 354 g/mol. The van der Waals surface area contributed by atoms with Gasteiger partial charge < -0.3 is 10.1 Å². The van der Waals surface area contributed by atoms with Gasteiger partial charge in [-0.15, -0.1) is 0 Å². The van der Waals surface area contributed by atoms with Crippen LogP contribution in [0.2, 0.25) is 0 Å². The maximum Gasteiger partial charge on any atom is 0.187 e. The Kier molecular flexibility index (Phi) is 6.95. The molecule has 2 N–H and O–H groups in total. The SMILES string of the molecule is S=C(NCc1ccccc1)N/N=C/c1cccc(OCc2ccccc2)c1. The largest absolute Gasteiger partial charge is 0.489 e. The molecule has 0 atom stereocenters. The second-order valence-corrected chi connectivity index (χ2v) is 6.29. The molecule has 27 heavy (non-hydrogen) atoms. The van der Waals surface area contributed by atoms with Gasteiger partial charge in [-0.2, -0.15) is 5.10 Å². The molecule has 0 spiro atoms. The molecule has 0 amide bonds. The predicted molar refractivity (Wildman–Crippen MR) is 114 cm³/mol. The van der Waals surface area contributed by atoms with Gasteiger partial charge in [0.2, 0.25) is 0 Å². The number of benzene rings is 3. The summed E-state index contributed by atoms with van der Waals surface area (Å²) in [6.07, 6.45) is 1.71. The van der Waals surface area contributed by atoms with Crippen LogP contribution in [0.3, 0.4) is 0 Å². The van der Waals surface area contributed by atoms with Crippen molar-refractivity contribution in [2.75, 3.05) is 0 Å². The zero-order valence-corrected chi connectivity index (χ0v) is 15.7. The lowest BCUT2D eigenvalue weighted by molar-refractivity contribution is 0.306. The topological polar surface area (TPSA) is 45.7 Å². The summed E-state index contributed by atoms with van der Waals surface area (Å²) in [5.41, 5.74) is 6.05. The minimum atomic E-state index is 0.478. The van der Waals surface area contributed by atoms with Crippen LogP contribution < -0.4 is 15.5 Å². The number of thiocarbonyl (C=S) groups is 1. The van der Waals surface area contributed by atoms with Gasteiger partial charge in [0, 0.05) is 6.54 Å². The van der Waals surface area contributed by atoms with Gasteiger partial charge >= 0.3 is 0 Å². The van der Waals surface area contributed by atoms with Gasteiger partial charge in [0.05, 0.1) is 6.21 Å². The standard InChI is InChI=1S/C22H21N3OS/c27-22(23-15-18-8-3-1-4-9-18)25-24-16-20-12-7-13-21(14-20)26-17-19-10-5-2-6-11-19/h1-14,16H,15,17H2,(H2,23,25,27)/b24-16+. The van der Waals surface area contributed by atoms with Gasteiger partial charge in [-0.05, 0) is 41.0 Å². The van der Waals surface area contributed by atoms with E-state index in [-0.39, 0.29) is 0 Å². The van der Waals surface area contributed by atoms with E-state index < -0.39 is 0 Å². The Morgan fingerprint density at radius 3 is 2.33 bits per heavy atom. The van der Waals surface area contributed by atoms with Crippen LogP contribution in [0.4, 0.5) is 0 Å². The van der Waals surface area contributed by atoms with Crippen molar-refractivity contribution in [1.29, 1.82) is 0 Å². The summed E-state index contributed by atoms with van der Waals surface area (Å²) in [5, 5.41) is 7.77. The number of hydrazone groups is 1. The van der Waals surface area contributed by atoms with E-state index in [9.17, 15) is 0 Å². The van der Waals surface area contributed by atoms with E-state index in [1.165, 1.54) is 0 Å². The lowest BCUT2D eigenvalue weighted by Gasteiger charge is -2.07. The molecule has 3 aromatic carbocycles. The first-order valence-electron chi connectivity index (χ1n) is 8.67. The zero-order valence-electron chi connectivity index (χ0n) is 14.8. The molecule has 3 aromatic rings. The van der Waals surface area contributed by atoms with Crippen molar-refractivity contribution in [3.05, 3.63) is 102 Å². The normalized spacial score (nSPS) is 10.5. The molecule has 0 aliphatic rings. The summed E-state index contributed by atoms with van der Waals surface area (Å²) in [6, 6.07) is 27.9. The zero-order chi connectivity index (χ0) is 18.7. The lowest BCUT2D eigenvalue weighted by Crippen LogP contribution is -2.31. The molecule has 0 radical (unpaired) electrons. The van der Waals surface area contributed by atoms with Gasteiger partial charge in [0.1, 0.15) is 12.4 Å². The third-order valence-corrected chi connectivity index (χ3v) is 4.02. The Morgan fingerprint density at radius 2 is 1.59 bits per heavy atom. The van der Waals surface area contributed by atoms with Gasteiger partial charge in [-0.1, -0.05) is 72.8 Å². The fourth-order valence-electron chi connectivity index (χ4n) is 2.41. The highest BCUT2D eigenvalue weighted by atomic mass is 32.1. The molecule has 0 bridgehead atoms. The van der Waals surface area contributed by atoms with Gasteiger partial charge in [-0.3, -0.25) is 5.43 Å². The number of nitrogens with zero attached hydrogens (tertiary/aromatic N) is 1. The fourth-order valence-corrected chi connectivity index (χ4v) is 2.53. The summed E-state index contributed by atoms with van der Waals surface area (Å²) in [5.74, 6) is 0.799. The van der Waals surface area contributed by atoms with Crippen LogP contribution in [-0.2, 0) is 13.2 Å². The van der Waals surface area contributed by atoms with Crippen molar-refractivity contribution in [2.24, 2.45) is 5.10 Å². The van der Waals surface area contributed by atoms with Crippen LogP contribution in [-0.4, -0.2) is 11.3 Å². The van der Waals surface area contributed by atoms with Crippen LogP contribution in [0, 0.1) is 0 Å². The Bertz CT molecular complexity index is 882. The van der Waals surface area contributed by atoms with Crippen LogP contribution in [0.15, 0.2) is 90.0 Å². The number of ether oxygens (including phenoxy) is 1. The van der Waals surface area contributed by atoms with Crippen molar-refractivity contribution in [2.45, 2.75) is 13.2 Å². The molecule has 0 heterocycles. The van der Waals surface area contributed by atoms with Crippen molar-refractivity contribution < 1.29 is 4.74 Å². The third-order valence-electron chi connectivity index (χ3n) is 3.78. The van der Waals surface area contributed by atoms with E-state index in [4.69, 9.17) is 17.0 Å². The minimum Gasteiger partial charge on any atom is -0.489 e. The summed E-state index contributed by atoms with van der Waals surface area (Å²) < 4.78 is 5.83. The molecule has 0 saturated carbocycles. The van der Waals surface area contributed by atoms with E-state index in [0.717, 1.165) is 22.4 Å². The molecular formula is C22H21N3OS. The Balaban J connectivity index is 1.46. The first-order valence-corrected chi connectivity index (χ1v) is 9.08. The summed E-state index contributed by atoms with van der Waals surface area (Å²) in [4.78, 5) is 0. The Morgan fingerprint density at radius 1 is 0.889 bits per heavy atom. The number of hydrogen-bond donors (Lipinski definition) is 2. The summed E-state index contributed by atoms with van der Waals surface area (Å²) in [7, 11) is 0. The number of hydrogen-bond acceptors (Lipinski definition) is 3. The Hall–Kier alpha value is -3.18.